The van der Waals surface area contributed by atoms with Gasteiger partial charge >= 0.3 is 0 Å². The molecule has 1 aromatic rings. The molecule has 1 aliphatic rings. The zero-order valence-electron chi connectivity index (χ0n) is 13.9. The lowest BCUT2D eigenvalue weighted by Gasteiger charge is -2.30. The number of benzene rings is 1. The molecule has 0 aliphatic carbocycles. The van der Waals surface area contributed by atoms with E-state index in [9.17, 15) is 9.59 Å². The van der Waals surface area contributed by atoms with Crippen molar-refractivity contribution in [1.29, 1.82) is 0 Å². The molecule has 2 amide bonds. The van der Waals surface area contributed by atoms with E-state index in [1.165, 1.54) is 0 Å². The van der Waals surface area contributed by atoms with E-state index in [-0.39, 0.29) is 17.9 Å². The van der Waals surface area contributed by atoms with Crippen molar-refractivity contribution in [2.24, 2.45) is 0 Å². The topological polar surface area (TPSA) is 67.9 Å². The smallest absolute Gasteiger partial charge is 0.251 e. The molecule has 0 unspecified atom stereocenters. The van der Waals surface area contributed by atoms with Crippen LogP contribution in [-0.2, 0) is 4.79 Å². The fourth-order valence-corrected chi connectivity index (χ4v) is 2.59. The van der Waals surface area contributed by atoms with Crippen molar-refractivity contribution in [3.05, 3.63) is 23.8 Å². The van der Waals surface area contributed by atoms with Gasteiger partial charge in [0.1, 0.15) is 0 Å². The lowest BCUT2D eigenvalue weighted by Crippen LogP contribution is -2.48. The molecule has 1 saturated heterocycles. The van der Waals surface area contributed by atoms with Crippen LogP contribution in [0.4, 0.5) is 0 Å². The summed E-state index contributed by atoms with van der Waals surface area (Å²) in [4.78, 5) is 25.6. The van der Waals surface area contributed by atoms with E-state index in [0.29, 0.717) is 49.7 Å². The van der Waals surface area contributed by atoms with Crippen LogP contribution in [0.25, 0.3) is 0 Å². The van der Waals surface area contributed by atoms with Gasteiger partial charge in [0.05, 0.1) is 13.2 Å². The van der Waals surface area contributed by atoms with Gasteiger partial charge in [-0.05, 0) is 38.5 Å². The van der Waals surface area contributed by atoms with E-state index in [4.69, 9.17) is 9.47 Å². The number of amides is 2. The fraction of sp³-hybridized carbons (Fsp3) is 0.529. The number of likely N-dealkylation sites (N-methyl/N-ethyl adjacent to an activating group) is 1. The Balaban J connectivity index is 2.06. The van der Waals surface area contributed by atoms with E-state index < -0.39 is 0 Å². The number of hydrogen-bond acceptors (Lipinski definition) is 4. The van der Waals surface area contributed by atoms with Crippen molar-refractivity contribution >= 4 is 11.8 Å². The average Bonchev–Trinajstić information content (AvgIpc) is 2.53. The number of likely N-dealkylation sites (tertiary alicyclic amines) is 1. The van der Waals surface area contributed by atoms with Gasteiger partial charge in [-0.15, -0.1) is 0 Å². The van der Waals surface area contributed by atoms with E-state index in [2.05, 4.69) is 5.32 Å². The minimum absolute atomic E-state index is 0.0210. The highest BCUT2D eigenvalue weighted by Gasteiger charge is 2.24. The molecule has 1 N–H and O–H groups in total. The van der Waals surface area contributed by atoms with Gasteiger partial charge in [0.2, 0.25) is 5.91 Å². The molecule has 1 fully saturated rings. The summed E-state index contributed by atoms with van der Waals surface area (Å²) < 4.78 is 11.0. The summed E-state index contributed by atoms with van der Waals surface area (Å²) >= 11 is 0. The van der Waals surface area contributed by atoms with E-state index in [0.717, 1.165) is 0 Å². The van der Waals surface area contributed by atoms with Crippen LogP contribution >= 0.6 is 0 Å². The fourth-order valence-electron chi connectivity index (χ4n) is 2.59. The van der Waals surface area contributed by atoms with Crippen LogP contribution < -0.4 is 14.8 Å². The Kier molecular flexibility index (Phi) is 5.84. The summed E-state index contributed by atoms with van der Waals surface area (Å²) in [6, 6.07) is 5.15. The van der Waals surface area contributed by atoms with Gasteiger partial charge in [0.15, 0.2) is 11.5 Å². The number of nitrogens with one attached hydrogen (secondary N) is 1. The van der Waals surface area contributed by atoms with Crippen molar-refractivity contribution < 1.29 is 19.1 Å². The molecule has 1 aliphatic heterocycles. The molecular weight excluding hydrogens is 296 g/mol. The van der Waals surface area contributed by atoms with Gasteiger partial charge in [0, 0.05) is 31.6 Å². The largest absolute Gasteiger partial charge is 0.490 e. The van der Waals surface area contributed by atoms with Crippen LogP contribution in [0.1, 0.15) is 37.0 Å². The Labute approximate surface area is 136 Å². The zero-order chi connectivity index (χ0) is 16.8. The molecule has 1 heterocycles. The third-order valence-electron chi connectivity index (χ3n) is 3.77. The van der Waals surface area contributed by atoms with Crippen molar-refractivity contribution in [1.82, 2.24) is 10.2 Å². The second-order valence-electron chi connectivity index (χ2n) is 5.51. The van der Waals surface area contributed by atoms with Crippen LogP contribution in [-0.4, -0.2) is 49.6 Å². The molecule has 126 valence electrons. The van der Waals surface area contributed by atoms with Gasteiger partial charge < -0.3 is 19.7 Å². The molecular formula is C17H24N2O4. The number of piperidine rings is 1. The Morgan fingerprint density at radius 1 is 1.26 bits per heavy atom. The van der Waals surface area contributed by atoms with Gasteiger partial charge in [-0.2, -0.15) is 0 Å². The van der Waals surface area contributed by atoms with Crippen LogP contribution in [0.15, 0.2) is 18.2 Å². The molecule has 0 aromatic heterocycles. The molecule has 2 rings (SSSR count). The van der Waals surface area contributed by atoms with Crippen molar-refractivity contribution in [2.75, 3.05) is 26.8 Å². The third-order valence-corrected chi connectivity index (χ3v) is 3.77. The Hall–Kier alpha value is -2.24. The van der Waals surface area contributed by atoms with Crippen molar-refractivity contribution in [3.63, 3.8) is 0 Å². The average molecular weight is 320 g/mol. The Morgan fingerprint density at radius 2 is 1.96 bits per heavy atom. The summed E-state index contributed by atoms with van der Waals surface area (Å²) in [6.07, 6.45) is 1.14. The van der Waals surface area contributed by atoms with Gasteiger partial charge in [0.25, 0.3) is 5.91 Å². The molecule has 1 aromatic carbocycles. The number of rotatable bonds is 6. The molecule has 1 atom stereocenters. The molecule has 6 nitrogen and oxygen atoms in total. The minimum atomic E-state index is -0.165. The molecule has 0 bridgehead atoms. The SMILES string of the molecule is CCOc1ccc(C(=O)N[C@@H]2CCC(=O)N(C)C2)cc1OCC. The molecule has 0 saturated carbocycles. The van der Waals surface area contributed by atoms with Crippen molar-refractivity contribution in [2.45, 2.75) is 32.7 Å². The Morgan fingerprint density at radius 3 is 2.61 bits per heavy atom. The highest BCUT2D eigenvalue weighted by molar-refractivity contribution is 5.95. The first-order chi connectivity index (χ1) is 11.0. The summed E-state index contributed by atoms with van der Waals surface area (Å²) in [5.74, 6) is 1.16. The maximum atomic E-state index is 12.4. The summed E-state index contributed by atoms with van der Waals surface area (Å²) in [5.41, 5.74) is 0.524. The summed E-state index contributed by atoms with van der Waals surface area (Å²) in [7, 11) is 1.75. The second kappa shape index (κ2) is 7.85. The maximum Gasteiger partial charge on any atom is 0.251 e. The minimum Gasteiger partial charge on any atom is -0.490 e. The second-order valence-corrected chi connectivity index (χ2v) is 5.51. The highest BCUT2D eigenvalue weighted by Crippen LogP contribution is 2.28. The van der Waals surface area contributed by atoms with Crippen LogP contribution in [0.3, 0.4) is 0 Å². The number of carbonyl (C=O) groups excluding carboxylic acids is 2. The van der Waals surface area contributed by atoms with Crippen LogP contribution in [0.5, 0.6) is 11.5 Å². The van der Waals surface area contributed by atoms with Crippen LogP contribution in [0, 0.1) is 0 Å². The molecule has 0 radical (unpaired) electrons. The maximum absolute atomic E-state index is 12.4. The number of nitrogens with zero attached hydrogens (tertiary/aromatic N) is 1. The number of carbonyl (C=O) groups is 2. The van der Waals surface area contributed by atoms with E-state index in [1.54, 1.807) is 30.1 Å². The standard InChI is InChI=1S/C17H24N2O4/c1-4-22-14-8-6-12(10-15(14)23-5-2)17(21)18-13-7-9-16(20)19(3)11-13/h6,8,10,13H,4-5,7,9,11H2,1-3H3,(H,18,21)/t13-/m1/s1. The lowest BCUT2D eigenvalue weighted by molar-refractivity contribution is -0.132. The number of ether oxygens (including phenoxy) is 2. The van der Waals surface area contributed by atoms with Gasteiger partial charge in [-0.1, -0.05) is 0 Å². The number of hydrogen-bond donors (Lipinski definition) is 1. The lowest BCUT2D eigenvalue weighted by atomic mass is 10.0. The van der Waals surface area contributed by atoms with Crippen LogP contribution in [0.2, 0.25) is 0 Å². The first-order valence-electron chi connectivity index (χ1n) is 7.99. The summed E-state index contributed by atoms with van der Waals surface area (Å²) in [5, 5.41) is 2.98. The van der Waals surface area contributed by atoms with Gasteiger partial charge in [-0.25, -0.2) is 0 Å². The first-order valence-corrected chi connectivity index (χ1v) is 7.99. The van der Waals surface area contributed by atoms with Gasteiger partial charge in [-0.3, -0.25) is 9.59 Å². The zero-order valence-corrected chi connectivity index (χ0v) is 13.9. The normalized spacial score (nSPS) is 17.8. The van der Waals surface area contributed by atoms with E-state index in [1.807, 2.05) is 13.8 Å². The van der Waals surface area contributed by atoms with E-state index >= 15 is 0 Å². The molecule has 6 heteroatoms. The monoisotopic (exact) mass is 320 g/mol. The van der Waals surface area contributed by atoms with Crippen molar-refractivity contribution in [3.8, 4) is 11.5 Å². The summed E-state index contributed by atoms with van der Waals surface area (Å²) in [6.45, 7) is 5.36. The quantitative estimate of drug-likeness (QED) is 0.868. The first kappa shape index (κ1) is 17.1. The Bertz CT molecular complexity index is 574. The predicted molar refractivity (Wildman–Crippen MR) is 86.9 cm³/mol. The third kappa shape index (κ3) is 4.37. The highest BCUT2D eigenvalue weighted by atomic mass is 16.5. The molecule has 0 spiro atoms. The predicted octanol–water partition coefficient (Wildman–Crippen LogP) is 1.83. The molecule has 23 heavy (non-hydrogen) atoms.